The highest BCUT2D eigenvalue weighted by atomic mass is 16.2. The minimum Gasteiger partial charge on any atom is -0.369 e. The number of hydrogen-bond acceptors (Lipinski definition) is 3. The Hall–Kier alpha value is -2.37. The van der Waals surface area contributed by atoms with Gasteiger partial charge >= 0.3 is 0 Å². The minimum atomic E-state index is -0.471. The van der Waals surface area contributed by atoms with Gasteiger partial charge in [-0.15, -0.1) is 0 Å². The molecule has 3 rings (SSSR count). The third-order valence-electron chi connectivity index (χ3n) is 4.43. The maximum absolute atomic E-state index is 12.6. The Morgan fingerprint density at radius 1 is 0.952 bits per heavy atom. The van der Waals surface area contributed by atoms with E-state index >= 15 is 0 Å². The predicted octanol–water partition coefficient (Wildman–Crippen LogP) is 0.169. The number of primary amides is 2. The summed E-state index contributed by atoms with van der Waals surface area (Å²) in [5.74, 6) is -2.36. The van der Waals surface area contributed by atoms with Crippen LogP contribution >= 0.6 is 0 Å². The number of carbonyl (C=O) groups is 3. The van der Waals surface area contributed by atoms with Gasteiger partial charge < -0.3 is 11.5 Å². The molecule has 0 radical (unpaired) electrons. The van der Waals surface area contributed by atoms with Gasteiger partial charge in [0.1, 0.15) is 0 Å². The number of nitrogens with zero attached hydrogens (tertiary/aromatic N) is 1. The van der Waals surface area contributed by atoms with Crippen molar-refractivity contribution < 1.29 is 14.4 Å². The van der Waals surface area contributed by atoms with Crippen LogP contribution < -0.4 is 11.5 Å². The van der Waals surface area contributed by atoms with E-state index in [1.165, 1.54) is 0 Å². The molecular weight excluding hydrogens is 270 g/mol. The summed E-state index contributed by atoms with van der Waals surface area (Å²) in [6, 6.07) is 0. The summed E-state index contributed by atoms with van der Waals surface area (Å²) >= 11 is 0. The number of nitrogens with two attached hydrogens (primary N) is 2. The number of carbonyl (C=O) groups excluding carboxylic acids is 3. The molecule has 3 amide bonds. The highest BCUT2D eigenvalue weighted by Crippen LogP contribution is 2.39. The molecule has 3 aliphatic rings. The van der Waals surface area contributed by atoms with E-state index in [2.05, 4.69) is 0 Å². The Labute approximate surface area is 122 Å². The summed E-state index contributed by atoms with van der Waals surface area (Å²) in [6.45, 7) is 0. The molecular formula is C15H17N3O3. The van der Waals surface area contributed by atoms with Crippen molar-refractivity contribution in [3.63, 3.8) is 0 Å². The Kier molecular flexibility index (Phi) is 3.16. The monoisotopic (exact) mass is 287 g/mol. The van der Waals surface area contributed by atoms with Gasteiger partial charge in [-0.05, 0) is 37.5 Å². The SMILES string of the molecule is NC(=O)C1CC(C(N)=O)CC(C(=O)N2c3cccc2c3)C1. The summed E-state index contributed by atoms with van der Waals surface area (Å²) in [5, 5.41) is 0. The lowest BCUT2D eigenvalue weighted by Crippen LogP contribution is -2.45. The smallest absolute Gasteiger partial charge is 0.234 e. The molecule has 1 fully saturated rings. The van der Waals surface area contributed by atoms with Crippen LogP contribution in [0.1, 0.15) is 19.3 Å². The van der Waals surface area contributed by atoms with E-state index in [4.69, 9.17) is 11.5 Å². The zero-order valence-corrected chi connectivity index (χ0v) is 11.5. The molecule has 2 heterocycles. The Balaban J connectivity index is 1.77. The summed E-state index contributed by atoms with van der Waals surface area (Å²) in [7, 11) is 0. The largest absolute Gasteiger partial charge is 0.369 e. The minimum absolute atomic E-state index is 0.0831. The van der Waals surface area contributed by atoms with Crippen molar-refractivity contribution in [1.29, 1.82) is 0 Å². The van der Waals surface area contributed by atoms with E-state index in [9.17, 15) is 14.4 Å². The molecule has 110 valence electrons. The number of allylic oxidation sites excluding steroid dienone is 4. The van der Waals surface area contributed by atoms with E-state index < -0.39 is 29.6 Å². The maximum Gasteiger partial charge on any atom is 0.234 e. The van der Waals surface area contributed by atoms with Crippen molar-refractivity contribution in [2.75, 3.05) is 0 Å². The van der Waals surface area contributed by atoms with Gasteiger partial charge in [0, 0.05) is 17.8 Å². The zero-order valence-electron chi connectivity index (χ0n) is 11.5. The highest BCUT2D eigenvalue weighted by molar-refractivity contribution is 5.89. The molecule has 6 nitrogen and oxygen atoms in total. The van der Waals surface area contributed by atoms with Crippen LogP contribution in [0.15, 0.2) is 35.7 Å². The lowest BCUT2D eigenvalue weighted by atomic mass is 9.73. The van der Waals surface area contributed by atoms with E-state index in [1.54, 1.807) is 4.90 Å². The molecule has 21 heavy (non-hydrogen) atoms. The van der Waals surface area contributed by atoms with Crippen LogP contribution in [0, 0.1) is 17.8 Å². The maximum atomic E-state index is 12.6. The number of amides is 3. The third kappa shape index (κ3) is 2.26. The van der Waals surface area contributed by atoms with Crippen molar-refractivity contribution in [2.24, 2.45) is 29.2 Å². The first-order valence-corrected chi connectivity index (χ1v) is 7.00. The van der Waals surface area contributed by atoms with Gasteiger partial charge in [0.2, 0.25) is 17.7 Å². The van der Waals surface area contributed by atoms with Gasteiger partial charge in [-0.2, -0.15) is 0 Å². The third-order valence-corrected chi connectivity index (χ3v) is 4.43. The Morgan fingerprint density at radius 2 is 1.52 bits per heavy atom. The molecule has 0 aromatic rings. The Bertz CT molecular complexity index is 584. The van der Waals surface area contributed by atoms with Crippen LogP contribution in [0.5, 0.6) is 0 Å². The molecule has 2 aliphatic heterocycles. The van der Waals surface area contributed by atoms with Crippen LogP contribution in [0.25, 0.3) is 0 Å². The quantitative estimate of drug-likeness (QED) is 0.772. The lowest BCUT2D eigenvalue weighted by Gasteiger charge is -2.40. The van der Waals surface area contributed by atoms with Gasteiger partial charge in [0.25, 0.3) is 0 Å². The molecule has 0 aromatic carbocycles. The molecule has 0 aromatic heterocycles. The van der Waals surface area contributed by atoms with Gasteiger partial charge in [0.15, 0.2) is 0 Å². The summed E-state index contributed by atoms with van der Waals surface area (Å²) < 4.78 is 0. The second kappa shape index (κ2) is 4.87. The summed E-state index contributed by atoms with van der Waals surface area (Å²) in [6.07, 6.45) is 8.62. The zero-order chi connectivity index (χ0) is 15.1. The second-order valence-electron chi connectivity index (χ2n) is 5.80. The first-order chi connectivity index (χ1) is 9.97. The molecule has 2 unspecified atom stereocenters. The highest BCUT2D eigenvalue weighted by Gasteiger charge is 2.41. The first kappa shape index (κ1) is 13.6. The van der Waals surface area contributed by atoms with Crippen LogP contribution in [0.4, 0.5) is 0 Å². The van der Waals surface area contributed by atoms with Crippen molar-refractivity contribution in [1.82, 2.24) is 4.90 Å². The van der Waals surface area contributed by atoms with E-state index in [0.717, 1.165) is 11.4 Å². The average Bonchev–Trinajstić information content (AvgIpc) is 2.47. The standard InChI is InChI=1S/C15H17N3O3/c16-13(19)8-4-9(14(17)20)6-10(5-8)15(21)18-11-2-1-3-12(18)7-11/h1-3,7-10H,4-6H2,(H2,16,19)(H2,17,20). The fraction of sp³-hybridized carbons (Fsp3) is 0.400. The van der Waals surface area contributed by atoms with Crippen LogP contribution in [-0.2, 0) is 14.4 Å². The molecule has 0 spiro atoms. The molecule has 0 saturated heterocycles. The van der Waals surface area contributed by atoms with Crippen molar-refractivity contribution in [3.05, 3.63) is 35.7 Å². The van der Waals surface area contributed by atoms with Gasteiger partial charge in [-0.25, -0.2) is 0 Å². The Morgan fingerprint density at radius 3 is 1.95 bits per heavy atom. The lowest BCUT2D eigenvalue weighted by molar-refractivity contribution is -0.137. The molecule has 4 N–H and O–H groups in total. The van der Waals surface area contributed by atoms with E-state index in [0.29, 0.717) is 19.3 Å². The van der Waals surface area contributed by atoms with E-state index in [-0.39, 0.29) is 5.91 Å². The van der Waals surface area contributed by atoms with E-state index in [1.807, 2.05) is 24.3 Å². The van der Waals surface area contributed by atoms with Crippen LogP contribution in [0.3, 0.4) is 0 Å². The van der Waals surface area contributed by atoms with Gasteiger partial charge in [-0.1, -0.05) is 6.08 Å². The fourth-order valence-electron chi connectivity index (χ4n) is 3.28. The van der Waals surface area contributed by atoms with Crippen LogP contribution in [-0.4, -0.2) is 22.6 Å². The predicted molar refractivity (Wildman–Crippen MR) is 74.9 cm³/mol. The average molecular weight is 287 g/mol. The normalized spacial score (nSPS) is 30.1. The van der Waals surface area contributed by atoms with Crippen molar-refractivity contribution in [2.45, 2.75) is 19.3 Å². The molecule has 2 bridgehead atoms. The van der Waals surface area contributed by atoms with Crippen molar-refractivity contribution >= 4 is 17.7 Å². The number of hydrogen-bond donors (Lipinski definition) is 2. The fourth-order valence-corrected chi connectivity index (χ4v) is 3.28. The topological polar surface area (TPSA) is 106 Å². The molecule has 1 aliphatic carbocycles. The van der Waals surface area contributed by atoms with Crippen LogP contribution in [0.2, 0.25) is 0 Å². The second-order valence-corrected chi connectivity index (χ2v) is 5.80. The molecule has 2 atom stereocenters. The first-order valence-electron chi connectivity index (χ1n) is 7.00. The number of fused-ring (bicyclic) bond motifs is 2. The summed E-state index contributed by atoms with van der Waals surface area (Å²) in [4.78, 5) is 37.2. The number of rotatable bonds is 3. The molecule has 1 saturated carbocycles. The van der Waals surface area contributed by atoms with Gasteiger partial charge in [-0.3, -0.25) is 19.3 Å². The molecule has 6 heteroatoms. The van der Waals surface area contributed by atoms with Crippen molar-refractivity contribution in [3.8, 4) is 0 Å². The van der Waals surface area contributed by atoms with Gasteiger partial charge in [0.05, 0.1) is 11.4 Å². The summed E-state index contributed by atoms with van der Waals surface area (Å²) in [5.41, 5.74) is 12.4.